The van der Waals surface area contributed by atoms with Crippen LogP contribution in [0.5, 0.6) is 0 Å². The van der Waals surface area contributed by atoms with Gasteiger partial charge in [-0.05, 0) is 44.0 Å². The number of nitrogens with one attached hydrogen (secondary N) is 1. The van der Waals surface area contributed by atoms with Crippen molar-refractivity contribution >= 4 is 17.3 Å². The third-order valence-electron chi connectivity index (χ3n) is 4.69. The molecule has 1 unspecified atom stereocenters. The Hall–Kier alpha value is -1.59. The van der Waals surface area contributed by atoms with E-state index in [1.165, 1.54) is 19.4 Å². The number of anilines is 2. The van der Waals surface area contributed by atoms with Crippen molar-refractivity contribution in [3.8, 4) is 0 Å². The van der Waals surface area contributed by atoms with Crippen molar-refractivity contribution in [1.29, 1.82) is 0 Å². The van der Waals surface area contributed by atoms with Crippen LogP contribution in [-0.2, 0) is 4.79 Å². The highest BCUT2D eigenvalue weighted by Crippen LogP contribution is 2.22. The Bertz CT molecular complexity index is 531. The molecule has 1 aromatic rings. The number of hydrogen-bond donors (Lipinski definition) is 2. The van der Waals surface area contributed by atoms with Crippen molar-refractivity contribution in [2.75, 3.05) is 43.8 Å². The number of rotatable bonds is 3. The summed E-state index contributed by atoms with van der Waals surface area (Å²) in [6, 6.07) is 6.28. The van der Waals surface area contributed by atoms with Crippen LogP contribution in [0.3, 0.4) is 0 Å². The van der Waals surface area contributed by atoms with Gasteiger partial charge in [-0.1, -0.05) is 6.07 Å². The van der Waals surface area contributed by atoms with E-state index in [0.717, 1.165) is 30.9 Å². The monoisotopic (exact) mass is 288 g/mol. The van der Waals surface area contributed by atoms with Crippen LogP contribution in [0.1, 0.15) is 18.4 Å². The minimum Gasteiger partial charge on any atom is -0.398 e. The van der Waals surface area contributed by atoms with Gasteiger partial charge in [-0.3, -0.25) is 14.6 Å². The van der Waals surface area contributed by atoms with E-state index in [9.17, 15) is 4.79 Å². The molecule has 3 rings (SSSR count). The summed E-state index contributed by atoms with van der Waals surface area (Å²) < 4.78 is 0. The molecule has 21 heavy (non-hydrogen) atoms. The second-order valence-electron chi connectivity index (χ2n) is 6.14. The van der Waals surface area contributed by atoms with Gasteiger partial charge in [0.15, 0.2) is 0 Å². The predicted molar refractivity (Wildman–Crippen MR) is 85.3 cm³/mol. The van der Waals surface area contributed by atoms with Gasteiger partial charge in [0, 0.05) is 37.1 Å². The largest absolute Gasteiger partial charge is 0.398 e. The quantitative estimate of drug-likeness (QED) is 0.823. The van der Waals surface area contributed by atoms with Gasteiger partial charge in [-0.2, -0.15) is 0 Å². The van der Waals surface area contributed by atoms with Gasteiger partial charge < -0.3 is 11.1 Å². The predicted octanol–water partition coefficient (Wildman–Crippen LogP) is 1.30. The van der Waals surface area contributed by atoms with Crippen LogP contribution in [0.15, 0.2) is 18.2 Å². The Morgan fingerprint density at radius 2 is 2.24 bits per heavy atom. The zero-order valence-corrected chi connectivity index (χ0v) is 12.6. The molecule has 0 aromatic heterocycles. The molecule has 114 valence electrons. The van der Waals surface area contributed by atoms with E-state index in [-0.39, 0.29) is 5.91 Å². The lowest BCUT2D eigenvalue weighted by molar-refractivity contribution is -0.117. The molecule has 0 aliphatic carbocycles. The fourth-order valence-corrected chi connectivity index (χ4v) is 3.38. The van der Waals surface area contributed by atoms with Gasteiger partial charge in [0.05, 0.1) is 6.54 Å². The number of nitrogens with two attached hydrogens (primary N) is 1. The number of carbonyl (C=O) groups is 1. The lowest BCUT2D eigenvalue weighted by atomic mass is 10.1. The first-order chi connectivity index (χ1) is 10.1. The van der Waals surface area contributed by atoms with Crippen molar-refractivity contribution in [2.45, 2.75) is 25.8 Å². The maximum atomic E-state index is 12.2. The van der Waals surface area contributed by atoms with E-state index >= 15 is 0 Å². The van der Waals surface area contributed by atoms with Gasteiger partial charge in [0.1, 0.15) is 0 Å². The summed E-state index contributed by atoms with van der Waals surface area (Å²) in [6.07, 6.45) is 2.57. The lowest BCUT2D eigenvalue weighted by Gasteiger charge is -2.37. The van der Waals surface area contributed by atoms with Crippen molar-refractivity contribution in [3.63, 3.8) is 0 Å². The molecular weight excluding hydrogens is 264 g/mol. The van der Waals surface area contributed by atoms with Crippen LogP contribution in [0.4, 0.5) is 11.4 Å². The number of piperazine rings is 1. The van der Waals surface area contributed by atoms with Crippen LogP contribution in [0.2, 0.25) is 0 Å². The number of nitrogen functional groups attached to an aromatic ring is 1. The van der Waals surface area contributed by atoms with Gasteiger partial charge in [0.2, 0.25) is 5.91 Å². The Morgan fingerprint density at radius 1 is 1.38 bits per heavy atom. The molecule has 1 aromatic carbocycles. The second kappa shape index (κ2) is 6.03. The highest BCUT2D eigenvalue weighted by Gasteiger charge is 2.31. The molecule has 2 aliphatic rings. The van der Waals surface area contributed by atoms with Crippen LogP contribution < -0.4 is 11.1 Å². The van der Waals surface area contributed by atoms with Crippen LogP contribution in [0.25, 0.3) is 0 Å². The lowest BCUT2D eigenvalue weighted by Crippen LogP contribution is -2.51. The molecule has 0 spiro atoms. The van der Waals surface area contributed by atoms with E-state index in [1.807, 2.05) is 25.1 Å². The van der Waals surface area contributed by atoms with Crippen molar-refractivity contribution in [3.05, 3.63) is 23.8 Å². The highest BCUT2D eigenvalue weighted by molar-refractivity contribution is 5.93. The average molecular weight is 288 g/mol. The Balaban J connectivity index is 1.55. The standard InChI is InChI=1S/C16H24N4O/c1-12-14(17)5-2-6-15(12)18-16(21)11-19-8-9-20-7-3-4-13(20)10-19/h2,5-6,13H,3-4,7-11,17H2,1H3,(H,18,21). The summed E-state index contributed by atoms with van der Waals surface area (Å²) in [5.74, 6) is 0.0511. The summed E-state index contributed by atoms with van der Waals surface area (Å²) >= 11 is 0. The average Bonchev–Trinajstić information content (AvgIpc) is 2.91. The summed E-state index contributed by atoms with van der Waals surface area (Å²) in [5.41, 5.74) is 8.34. The fraction of sp³-hybridized carbons (Fsp3) is 0.562. The van der Waals surface area contributed by atoms with Gasteiger partial charge in [-0.15, -0.1) is 0 Å². The minimum absolute atomic E-state index is 0.0511. The molecule has 0 radical (unpaired) electrons. The molecule has 2 heterocycles. The number of amides is 1. The molecule has 0 saturated carbocycles. The first-order valence-corrected chi connectivity index (χ1v) is 7.75. The van der Waals surface area contributed by atoms with Gasteiger partial charge >= 0.3 is 0 Å². The highest BCUT2D eigenvalue weighted by atomic mass is 16.2. The smallest absolute Gasteiger partial charge is 0.238 e. The van der Waals surface area contributed by atoms with Gasteiger partial charge in [0.25, 0.3) is 0 Å². The zero-order valence-electron chi connectivity index (χ0n) is 12.6. The molecule has 2 fully saturated rings. The SMILES string of the molecule is Cc1c(N)cccc1NC(=O)CN1CCN2CCCC2C1. The van der Waals surface area contributed by atoms with E-state index in [4.69, 9.17) is 5.73 Å². The number of benzene rings is 1. The number of fused-ring (bicyclic) bond motifs is 1. The number of hydrogen-bond acceptors (Lipinski definition) is 4. The zero-order chi connectivity index (χ0) is 14.8. The number of nitrogens with zero attached hydrogens (tertiary/aromatic N) is 2. The Kier molecular flexibility index (Phi) is 4.12. The van der Waals surface area contributed by atoms with Gasteiger partial charge in [-0.25, -0.2) is 0 Å². The first kappa shape index (κ1) is 14.4. The Morgan fingerprint density at radius 3 is 3.10 bits per heavy atom. The fourth-order valence-electron chi connectivity index (χ4n) is 3.38. The normalized spacial score (nSPS) is 23.0. The van der Waals surface area contributed by atoms with Crippen molar-refractivity contribution in [2.24, 2.45) is 0 Å². The van der Waals surface area contributed by atoms with Crippen LogP contribution in [-0.4, -0.2) is 54.5 Å². The molecule has 2 saturated heterocycles. The molecule has 5 nitrogen and oxygen atoms in total. The topological polar surface area (TPSA) is 61.6 Å². The maximum Gasteiger partial charge on any atom is 0.238 e. The maximum absolute atomic E-state index is 12.2. The van der Waals surface area contributed by atoms with Crippen molar-refractivity contribution < 1.29 is 4.79 Å². The minimum atomic E-state index is 0.0511. The molecule has 1 amide bonds. The van der Waals surface area contributed by atoms with E-state index in [2.05, 4.69) is 15.1 Å². The van der Waals surface area contributed by atoms with E-state index in [1.54, 1.807) is 0 Å². The van der Waals surface area contributed by atoms with Crippen LogP contribution >= 0.6 is 0 Å². The first-order valence-electron chi connectivity index (χ1n) is 7.75. The number of carbonyl (C=O) groups excluding carboxylic acids is 1. The third-order valence-corrected chi connectivity index (χ3v) is 4.69. The molecule has 3 N–H and O–H groups in total. The molecule has 1 atom stereocenters. The second-order valence-corrected chi connectivity index (χ2v) is 6.14. The molecule has 5 heteroatoms. The summed E-state index contributed by atoms with van der Waals surface area (Å²) in [5, 5.41) is 2.98. The summed E-state index contributed by atoms with van der Waals surface area (Å²) in [4.78, 5) is 17.0. The van der Waals surface area contributed by atoms with Crippen LogP contribution in [0, 0.1) is 6.92 Å². The summed E-state index contributed by atoms with van der Waals surface area (Å²) in [7, 11) is 0. The van der Waals surface area contributed by atoms with Crippen molar-refractivity contribution in [1.82, 2.24) is 9.80 Å². The summed E-state index contributed by atoms with van der Waals surface area (Å²) in [6.45, 7) is 6.73. The Labute approximate surface area is 126 Å². The molecule has 2 aliphatic heterocycles. The van der Waals surface area contributed by atoms with E-state index in [0.29, 0.717) is 18.3 Å². The van der Waals surface area contributed by atoms with E-state index < -0.39 is 0 Å². The molecule has 0 bridgehead atoms. The molecular formula is C16H24N4O. The third kappa shape index (κ3) is 3.19.